The SMILES string of the molecule is Cc1cc(C=O)cc(-c2cc3c(Nc4ccc5[nH]ccc5c4C)c(C#N)cnc3s2)c1. The van der Waals surface area contributed by atoms with Gasteiger partial charge < -0.3 is 10.3 Å². The molecule has 2 aromatic carbocycles. The maximum atomic E-state index is 11.3. The lowest BCUT2D eigenvalue weighted by molar-refractivity contribution is 0.112. The van der Waals surface area contributed by atoms with E-state index in [1.165, 1.54) is 0 Å². The summed E-state index contributed by atoms with van der Waals surface area (Å²) in [6.45, 7) is 4.04. The number of rotatable bonds is 4. The summed E-state index contributed by atoms with van der Waals surface area (Å²) in [7, 11) is 0. The Balaban J connectivity index is 1.67. The molecule has 6 heteroatoms. The van der Waals surface area contributed by atoms with Gasteiger partial charge in [-0.3, -0.25) is 4.79 Å². The van der Waals surface area contributed by atoms with Gasteiger partial charge in [-0.05, 0) is 66.9 Å². The van der Waals surface area contributed by atoms with E-state index in [1.807, 2.05) is 49.5 Å². The highest BCUT2D eigenvalue weighted by molar-refractivity contribution is 7.22. The van der Waals surface area contributed by atoms with Gasteiger partial charge in [-0.15, -0.1) is 11.3 Å². The molecule has 0 atom stereocenters. The van der Waals surface area contributed by atoms with Crippen LogP contribution >= 0.6 is 11.3 Å². The van der Waals surface area contributed by atoms with Crippen LogP contribution in [0.3, 0.4) is 0 Å². The minimum atomic E-state index is 0.489. The largest absolute Gasteiger partial charge is 0.361 e. The minimum Gasteiger partial charge on any atom is -0.361 e. The van der Waals surface area contributed by atoms with Crippen molar-refractivity contribution in [3.8, 4) is 16.5 Å². The Labute approximate surface area is 183 Å². The second kappa shape index (κ2) is 7.38. The number of nitrogens with one attached hydrogen (secondary N) is 2. The molecule has 0 aliphatic heterocycles. The van der Waals surface area contributed by atoms with Crippen LogP contribution in [0.5, 0.6) is 0 Å². The van der Waals surface area contributed by atoms with Gasteiger partial charge in [0.15, 0.2) is 0 Å². The normalized spacial score (nSPS) is 11.0. The summed E-state index contributed by atoms with van der Waals surface area (Å²) in [5.41, 5.74) is 7.01. The summed E-state index contributed by atoms with van der Waals surface area (Å²) < 4.78 is 0. The molecule has 0 aliphatic carbocycles. The third-order valence-electron chi connectivity index (χ3n) is 5.47. The van der Waals surface area contributed by atoms with E-state index in [1.54, 1.807) is 17.5 Å². The van der Waals surface area contributed by atoms with Crippen LogP contribution in [0.2, 0.25) is 0 Å². The zero-order chi connectivity index (χ0) is 21.5. The first kappa shape index (κ1) is 19.0. The number of H-pyrrole nitrogens is 1. The number of aromatic amines is 1. The summed E-state index contributed by atoms with van der Waals surface area (Å²) in [5.74, 6) is 0. The summed E-state index contributed by atoms with van der Waals surface area (Å²) in [5, 5.41) is 15.2. The Kier molecular flexibility index (Phi) is 4.54. The molecule has 3 aromatic heterocycles. The van der Waals surface area contributed by atoms with Crippen LogP contribution in [-0.4, -0.2) is 16.3 Å². The number of nitrogens with zero attached hydrogens (tertiary/aromatic N) is 2. The number of anilines is 2. The lowest BCUT2D eigenvalue weighted by Crippen LogP contribution is -1.97. The molecule has 0 radical (unpaired) electrons. The third kappa shape index (κ3) is 3.25. The lowest BCUT2D eigenvalue weighted by atomic mass is 10.0. The maximum Gasteiger partial charge on any atom is 0.150 e. The van der Waals surface area contributed by atoms with Crippen molar-refractivity contribution in [2.24, 2.45) is 0 Å². The van der Waals surface area contributed by atoms with Crippen molar-refractivity contribution in [3.63, 3.8) is 0 Å². The van der Waals surface area contributed by atoms with Crippen molar-refractivity contribution in [2.45, 2.75) is 13.8 Å². The van der Waals surface area contributed by atoms with E-state index in [4.69, 9.17) is 0 Å². The molecule has 5 aromatic rings. The predicted molar refractivity (Wildman–Crippen MR) is 126 cm³/mol. The molecular weight excluding hydrogens is 404 g/mol. The molecule has 0 saturated heterocycles. The molecule has 0 bridgehead atoms. The van der Waals surface area contributed by atoms with Crippen LogP contribution in [0.4, 0.5) is 11.4 Å². The highest BCUT2D eigenvalue weighted by atomic mass is 32.1. The second-order valence-electron chi connectivity index (χ2n) is 7.54. The maximum absolute atomic E-state index is 11.3. The van der Waals surface area contributed by atoms with Crippen LogP contribution in [0.15, 0.2) is 54.9 Å². The molecule has 3 heterocycles. The van der Waals surface area contributed by atoms with Gasteiger partial charge in [0.2, 0.25) is 0 Å². The molecular formula is C25H18N4OS. The van der Waals surface area contributed by atoms with Crippen LogP contribution in [0.25, 0.3) is 31.6 Å². The van der Waals surface area contributed by atoms with Crippen LogP contribution in [0, 0.1) is 25.2 Å². The molecule has 0 amide bonds. The van der Waals surface area contributed by atoms with E-state index < -0.39 is 0 Å². The number of pyridine rings is 1. The minimum absolute atomic E-state index is 0.489. The second-order valence-corrected chi connectivity index (χ2v) is 8.57. The number of hydrogen-bond donors (Lipinski definition) is 2. The molecule has 31 heavy (non-hydrogen) atoms. The fourth-order valence-electron chi connectivity index (χ4n) is 3.93. The topological polar surface area (TPSA) is 81.6 Å². The zero-order valence-electron chi connectivity index (χ0n) is 17.0. The van der Waals surface area contributed by atoms with Gasteiger partial charge in [-0.1, -0.05) is 6.07 Å². The van der Waals surface area contributed by atoms with E-state index >= 15 is 0 Å². The van der Waals surface area contributed by atoms with Crippen molar-refractivity contribution in [3.05, 3.63) is 77.1 Å². The first-order valence-electron chi connectivity index (χ1n) is 9.81. The summed E-state index contributed by atoms with van der Waals surface area (Å²) >= 11 is 1.55. The fraction of sp³-hybridized carbons (Fsp3) is 0.0800. The lowest BCUT2D eigenvalue weighted by Gasteiger charge is -2.12. The fourth-order valence-corrected chi connectivity index (χ4v) is 4.93. The number of nitriles is 1. The third-order valence-corrected chi connectivity index (χ3v) is 6.56. The van der Waals surface area contributed by atoms with Gasteiger partial charge in [-0.25, -0.2) is 4.98 Å². The van der Waals surface area contributed by atoms with E-state index in [0.717, 1.165) is 60.3 Å². The van der Waals surface area contributed by atoms with Crippen LogP contribution in [-0.2, 0) is 0 Å². The number of aldehydes is 1. The van der Waals surface area contributed by atoms with Gasteiger partial charge in [-0.2, -0.15) is 5.26 Å². The van der Waals surface area contributed by atoms with Crippen molar-refractivity contribution >= 4 is 50.1 Å². The zero-order valence-corrected chi connectivity index (χ0v) is 17.8. The smallest absolute Gasteiger partial charge is 0.150 e. The van der Waals surface area contributed by atoms with Gasteiger partial charge in [0.1, 0.15) is 17.2 Å². The highest BCUT2D eigenvalue weighted by Crippen LogP contribution is 2.39. The predicted octanol–water partition coefficient (Wildman–Crippen LogP) is 6.49. The Bertz CT molecular complexity index is 1520. The quantitative estimate of drug-likeness (QED) is 0.324. The number of hydrogen-bond acceptors (Lipinski definition) is 5. The first-order valence-corrected chi connectivity index (χ1v) is 10.6. The molecule has 0 saturated carbocycles. The Hall–Kier alpha value is -3.95. The van der Waals surface area contributed by atoms with Gasteiger partial charge in [0.25, 0.3) is 0 Å². The van der Waals surface area contributed by atoms with Gasteiger partial charge >= 0.3 is 0 Å². The van der Waals surface area contributed by atoms with E-state index in [9.17, 15) is 10.1 Å². The number of carbonyl (C=O) groups is 1. The van der Waals surface area contributed by atoms with Crippen molar-refractivity contribution in [1.29, 1.82) is 5.26 Å². The van der Waals surface area contributed by atoms with E-state index in [2.05, 4.69) is 34.3 Å². The number of aromatic nitrogens is 2. The molecule has 0 spiro atoms. The van der Waals surface area contributed by atoms with Crippen molar-refractivity contribution < 1.29 is 4.79 Å². The molecule has 5 rings (SSSR count). The Morgan fingerprint density at radius 3 is 2.81 bits per heavy atom. The number of fused-ring (bicyclic) bond motifs is 2. The van der Waals surface area contributed by atoms with E-state index in [-0.39, 0.29) is 0 Å². The number of carbonyl (C=O) groups excluding carboxylic acids is 1. The Morgan fingerprint density at radius 2 is 2.00 bits per heavy atom. The van der Waals surface area contributed by atoms with Crippen molar-refractivity contribution in [2.75, 3.05) is 5.32 Å². The summed E-state index contributed by atoms with van der Waals surface area (Å²) in [6, 6.07) is 16.2. The molecule has 0 unspecified atom stereocenters. The highest BCUT2D eigenvalue weighted by Gasteiger charge is 2.15. The van der Waals surface area contributed by atoms with E-state index in [0.29, 0.717) is 11.1 Å². The van der Waals surface area contributed by atoms with Gasteiger partial charge in [0, 0.05) is 44.8 Å². The molecule has 2 N–H and O–H groups in total. The summed E-state index contributed by atoms with van der Waals surface area (Å²) in [6.07, 6.45) is 4.40. The number of benzene rings is 2. The first-order chi connectivity index (χ1) is 15.1. The van der Waals surface area contributed by atoms with Gasteiger partial charge in [0.05, 0.1) is 11.3 Å². The molecule has 5 nitrogen and oxygen atoms in total. The molecule has 0 fully saturated rings. The summed E-state index contributed by atoms with van der Waals surface area (Å²) in [4.78, 5) is 20.9. The number of thiophene rings is 1. The molecule has 0 aliphatic rings. The standard InChI is InChI=1S/C25H18N4OS/c1-14-7-16(13-30)9-17(8-14)23-10-20-24(18(11-26)12-28-25(20)31-23)29-21-3-4-22-19(15(21)2)5-6-27-22/h3-10,12-13,27H,1-2H3,(H,28,29). The monoisotopic (exact) mass is 422 g/mol. The average Bonchev–Trinajstić information content (AvgIpc) is 3.43. The average molecular weight is 423 g/mol. The molecule has 150 valence electrons. The Morgan fingerprint density at radius 1 is 1.13 bits per heavy atom. The van der Waals surface area contributed by atoms with Crippen molar-refractivity contribution in [1.82, 2.24) is 9.97 Å². The van der Waals surface area contributed by atoms with Crippen LogP contribution in [0.1, 0.15) is 27.0 Å². The van der Waals surface area contributed by atoms with Crippen LogP contribution < -0.4 is 5.32 Å². The number of aryl methyl sites for hydroxylation is 2.